The quantitative estimate of drug-likeness (QED) is 0.227. The molecule has 4 rings (SSSR count). The zero-order valence-electron chi connectivity index (χ0n) is 18.1. The second kappa shape index (κ2) is 9.51. The maximum atomic E-state index is 4.55. The third-order valence-corrected chi connectivity index (χ3v) is 15.7. The summed E-state index contributed by atoms with van der Waals surface area (Å²) in [5, 5.41) is 1.17. The van der Waals surface area contributed by atoms with Crippen LogP contribution in [0.3, 0.4) is 0 Å². The second-order valence-electron chi connectivity index (χ2n) is 8.27. The third-order valence-electron chi connectivity index (χ3n) is 6.21. The summed E-state index contributed by atoms with van der Waals surface area (Å²) in [5.41, 5.74) is 2.80. The zero-order chi connectivity index (χ0) is 21.6. The number of unbranched alkanes of at least 4 members (excludes halogenated alkanes) is 1. The molecule has 0 unspecified atom stereocenters. The number of hydrogen-bond acceptors (Lipinski definition) is 0. The SMILES string of the molecule is CCCCc1ccc(CP(Br)(c2ccccc2)(c2ccccc2)c2ccccc2)cc1. The molecular formula is C29H30BrP. The van der Waals surface area contributed by atoms with E-state index in [1.807, 2.05) is 0 Å². The Hall–Kier alpha value is -2.21. The van der Waals surface area contributed by atoms with Gasteiger partial charge in [-0.25, -0.2) is 0 Å². The van der Waals surface area contributed by atoms with Gasteiger partial charge in [0.05, 0.1) is 0 Å². The molecule has 0 atom stereocenters. The van der Waals surface area contributed by atoms with Gasteiger partial charge in [-0.3, -0.25) is 0 Å². The van der Waals surface area contributed by atoms with Gasteiger partial charge in [0.2, 0.25) is 0 Å². The Balaban J connectivity index is 1.93. The molecule has 0 aliphatic rings. The molecule has 4 aromatic rings. The number of rotatable bonds is 8. The van der Waals surface area contributed by atoms with E-state index in [4.69, 9.17) is 0 Å². The first kappa shape index (κ1) is 22.0. The van der Waals surface area contributed by atoms with Crippen molar-refractivity contribution in [1.82, 2.24) is 0 Å². The van der Waals surface area contributed by atoms with Gasteiger partial charge in [0.25, 0.3) is 0 Å². The summed E-state index contributed by atoms with van der Waals surface area (Å²) in [4.78, 5) is 0. The van der Waals surface area contributed by atoms with Crippen LogP contribution < -0.4 is 15.9 Å². The Kier molecular flexibility index (Phi) is 6.75. The molecule has 0 aliphatic carbocycles. The Morgan fingerprint density at radius 1 is 0.548 bits per heavy atom. The molecule has 31 heavy (non-hydrogen) atoms. The Morgan fingerprint density at radius 2 is 0.935 bits per heavy atom. The molecule has 0 radical (unpaired) electrons. The van der Waals surface area contributed by atoms with Crippen molar-refractivity contribution in [2.24, 2.45) is 0 Å². The van der Waals surface area contributed by atoms with Gasteiger partial charge in [0.1, 0.15) is 0 Å². The van der Waals surface area contributed by atoms with Crippen LogP contribution in [-0.2, 0) is 12.6 Å². The summed E-state index contributed by atoms with van der Waals surface area (Å²) in [6.07, 6.45) is 4.58. The molecule has 0 spiro atoms. The van der Waals surface area contributed by atoms with Crippen molar-refractivity contribution in [3.05, 3.63) is 126 Å². The fourth-order valence-electron chi connectivity index (χ4n) is 4.47. The van der Waals surface area contributed by atoms with E-state index in [2.05, 4.69) is 138 Å². The average molecular weight is 489 g/mol. The van der Waals surface area contributed by atoms with Gasteiger partial charge in [-0.2, -0.15) is 0 Å². The summed E-state index contributed by atoms with van der Waals surface area (Å²) in [5.74, 6) is 0. The van der Waals surface area contributed by atoms with Crippen LogP contribution in [0.2, 0.25) is 0 Å². The van der Waals surface area contributed by atoms with Crippen molar-refractivity contribution >= 4 is 36.7 Å². The first-order valence-corrected chi connectivity index (χ1v) is 15.6. The van der Waals surface area contributed by atoms with Crippen LogP contribution in [0.4, 0.5) is 0 Å². The first-order valence-electron chi connectivity index (χ1n) is 11.1. The van der Waals surface area contributed by atoms with E-state index < -0.39 is 5.31 Å². The number of aryl methyl sites for hydroxylation is 1. The average Bonchev–Trinajstić information content (AvgIpc) is 2.85. The summed E-state index contributed by atoms with van der Waals surface area (Å²) >= 11 is 4.55. The molecule has 0 heterocycles. The van der Waals surface area contributed by atoms with Crippen LogP contribution in [0.25, 0.3) is 0 Å². The molecule has 0 amide bonds. The Bertz CT molecular complexity index is 990. The molecule has 0 saturated heterocycles. The van der Waals surface area contributed by atoms with Crippen LogP contribution in [0, 0.1) is 0 Å². The van der Waals surface area contributed by atoms with Crippen molar-refractivity contribution in [3.63, 3.8) is 0 Å². The topological polar surface area (TPSA) is 0 Å². The van der Waals surface area contributed by atoms with Gasteiger partial charge >= 0.3 is 195 Å². The normalized spacial score (nSPS) is 12.8. The van der Waals surface area contributed by atoms with Gasteiger partial charge < -0.3 is 0 Å². The molecule has 158 valence electrons. The minimum absolute atomic E-state index is 0.942. The summed E-state index contributed by atoms with van der Waals surface area (Å²) in [7, 11) is 0. The van der Waals surface area contributed by atoms with Crippen LogP contribution in [0.1, 0.15) is 30.9 Å². The number of benzene rings is 4. The molecule has 4 aromatic carbocycles. The van der Waals surface area contributed by atoms with Crippen LogP contribution in [0.5, 0.6) is 0 Å². The van der Waals surface area contributed by atoms with Gasteiger partial charge in [0, 0.05) is 0 Å². The molecule has 0 bridgehead atoms. The first-order chi connectivity index (χ1) is 15.1. The molecule has 2 heteroatoms. The van der Waals surface area contributed by atoms with Crippen molar-refractivity contribution in [2.45, 2.75) is 32.3 Å². The predicted molar refractivity (Wildman–Crippen MR) is 143 cm³/mol. The van der Waals surface area contributed by atoms with Crippen LogP contribution in [0.15, 0.2) is 115 Å². The standard InChI is InChI=1S/C29H30BrP/c1-2-3-13-25-20-22-26(23-21-25)24-31(30,27-14-7-4-8-15-27,28-16-9-5-10-17-28)29-18-11-6-12-19-29/h4-12,14-23H,2-3,13,24H2,1H3. The Morgan fingerprint density at radius 3 is 1.32 bits per heavy atom. The molecular weight excluding hydrogens is 459 g/mol. The van der Waals surface area contributed by atoms with Crippen molar-refractivity contribution in [1.29, 1.82) is 0 Å². The van der Waals surface area contributed by atoms with E-state index in [-0.39, 0.29) is 0 Å². The fourth-order valence-corrected chi connectivity index (χ4v) is 12.2. The molecule has 0 saturated carbocycles. The summed E-state index contributed by atoms with van der Waals surface area (Å²) in [6, 6.07) is 42.4. The van der Waals surface area contributed by atoms with E-state index in [0.717, 1.165) is 12.6 Å². The summed E-state index contributed by atoms with van der Waals surface area (Å²) in [6.45, 7) is 2.25. The zero-order valence-corrected chi connectivity index (χ0v) is 20.6. The summed E-state index contributed by atoms with van der Waals surface area (Å²) < 4.78 is 0. The molecule has 0 N–H and O–H groups in total. The molecule has 0 aromatic heterocycles. The molecule has 0 aliphatic heterocycles. The van der Waals surface area contributed by atoms with Gasteiger partial charge in [-0.1, -0.05) is 0 Å². The monoisotopic (exact) mass is 488 g/mol. The van der Waals surface area contributed by atoms with Crippen molar-refractivity contribution in [2.75, 3.05) is 0 Å². The predicted octanol–water partition coefficient (Wildman–Crippen LogP) is 7.37. The second-order valence-corrected chi connectivity index (χ2v) is 17.2. The molecule has 0 fully saturated rings. The van der Waals surface area contributed by atoms with Gasteiger partial charge in [-0.15, -0.1) is 0 Å². The third kappa shape index (κ3) is 4.27. The number of halogens is 1. The van der Waals surface area contributed by atoms with Crippen LogP contribution >= 0.6 is 20.8 Å². The van der Waals surface area contributed by atoms with Crippen molar-refractivity contribution < 1.29 is 0 Å². The van der Waals surface area contributed by atoms with E-state index >= 15 is 0 Å². The fraction of sp³-hybridized carbons (Fsp3) is 0.172. The van der Waals surface area contributed by atoms with E-state index in [1.54, 1.807) is 0 Å². The van der Waals surface area contributed by atoms with Gasteiger partial charge in [0.15, 0.2) is 0 Å². The van der Waals surface area contributed by atoms with Crippen molar-refractivity contribution in [3.8, 4) is 0 Å². The van der Waals surface area contributed by atoms with E-state index in [0.29, 0.717) is 0 Å². The van der Waals surface area contributed by atoms with E-state index in [1.165, 1.54) is 39.9 Å². The molecule has 0 nitrogen and oxygen atoms in total. The number of hydrogen-bond donors (Lipinski definition) is 0. The maximum absolute atomic E-state index is 4.55. The van der Waals surface area contributed by atoms with Gasteiger partial charge in [-0.05, 0) is 0 Å². The van der Waals surface area contributed by atoms with E-state index in [9.17, 15) is 0 Å². The Labute approximate surface area is 195 Å². The minimum atomic E-state index is -2.91. The van der Waals surface area contributed by atoms with Crippen LogP contribution in [-0.4, -0.2) is 0 Å².